The zero-order chi connectivity index (χ0) is 16.3. The van der Waals surface area contributed by atoms with Crippen molar-refractivity contribution in [1.82, 2.24) is 9.62 Å². The van der Waals surface area contributed by atoms with E-state index in [0.29, 0.717) is 13.1 Å². The van der Waals surface area contributed by atoms with Crippen LogP contribution in [-0.2, 0) is 14.8 Å². The molecular weight excluding hydrogens is 311 g/mol. The molecule has 8 heteroatoms. The Hall–Kier alpha value is -1.51. The van der Waals surface area contributed by atoms with Crippen molar-refractivity contribution in [2.24, 2.45) is 0 Å². The Bertz CT molecular complexity index is 663. The molecule has 1 aliphatic heterocycles. The van der Waals surface area contributed by atoms with Crippen molar-refractivity contribution < 1.29 is 22.3 Å². The van der Waals surface area contributed by atoms with Gasteiger partial charge in [-0.1, -0.05) is 0 Å². The van der Waals surface area contributed by atoms with Gasteiger partial charge in [-0.15, -0.1) is 0 Å². The molecule has 122 valence electrons. The van der Waals surface area contributed by atoms with Crippen LogP contribution in [0.25, 0.3) is 0 Å². The molecule has 22 heavy (non-hydrogen) atoms. The standard InChI is InChI=1S/C14H19FN2O4S/c1-16-11-4-3-7-17(9-11)22(19,20)13-6-5-10(15)8-12(13)14(18)21-2/h5-6,8,11,16H,3-4,7,9H2,1-2H3. The van der Waals surface area contributed by atoms with Gasteiger partial charge in [-0.3, -0.25) is 0 Å². The van der Waals surface area contributed by atoms with Gasteiger partial charge in [-0.05, 0) is 38.1 Å². The zero-order valence-electron chi connectivity index (χ0n) is 12.5. The molecule has 1 aromatic carbocycles. The molecule has 0 aliphatic carbocycles. The molecule has 1 atom stereocenters. The molecule has 1 fully saturated rings. The number of nitrogens with zero attached hydrogens (tertiary/aromatic N) is 1. The number of halogens is 1. The van der Waals surface area contributed by atoms with Gasteiger partial charge < -0.3 is 10.1 Å². The predicted octanol–water partition coefficient (Wildman–Crippen LogP) is 0.985. The van der Waals surface area contributed by atoms with E-state index in [0.717, 1.165) is 38.2 Å². The van der Waals surface area contributed by atoms with Crippen molar-refractivity contribution in [2.75, 3.05) is 27.2 Å². The molecule has 0 bridgehead atoms. The van der Waals surface area contributed by atoms with Gasteiger partial charge in [0.2, 0.25) is 10.0 Å². The molecule has 1 aromatic rings. The lowest BCUT2D eigenvalue weighted by Gasteiger charge is -2.32. The smallest absolute Gasteiger partial charge is 0.339 e. The van der Waals surface area contributed by atoms with Crippen LogP contribution in [0.1, 0.15) is 23.2 Å². The minimum atomic E-state index is -3.88. The Morgan fingerprint density at radius 1 is 1.45 bits per heavy atom. The highest BCUT2D eigenvalue weighted by Crippen LogP contribution is 2.25. The largest absolute Gasteiger partial charge is 0.465 e. The molecule has 1 N–H and O–H groups in total. The van der Waals surface area contributed by atoms with Crippen LogP contribution in [0, 0.1) is 5.82 Å². The number of methoxy groups -OCH3 is 1. The van der Waals surface area contributed by atoms with E-state index in [-0.39, 0.29) is 16.5 Å². The maximum atomic E-state index is 13.4. The molecule has 0 spiro atoms. The number of carbonyl (C=O) groups excluding carboxylic acids is 1. The number of carbonyl (C=O) groups is 1. The SMILES string of the molecule is CNC1CCCN(S(=O)(=O)c2ccc(F)cc2C(=O)OC)C1. The summed E-state index contributed by atoms with van der Waals surface area (Å²) in [6.07, 6.45) is 1.61. The van der Waals surface area contributed by atoms with Gasteiger partial charge in [0, 0.05) is 19.1 Å². The van der Waals surface area contributed by atoms with Crippen LogP contribution in [-0.4, -0.2) is 52.0 Å². The van der Waals surface area contributed by atoms with Gasteiger partial charge in [-0.2, -0.15) is 4.31 Å². The molecule has 0 aromatic heterocycles. The average Bonchev–Trinajstić information content (AvgIpc) is 2.53. The normalized spacial score (nSPS) is 19.9. The molecule has 1 unspecified atom stereocenters. The highest BCUT2D eigenvalue weighted by molar-refractivity contribution is 7.89. The van der Waals surface area contributed by atoms with Gasteiger partial charge in [0.15, 0.2) is 0 Å². The predicted molar refractivity (Wildman–Crippen MR) is 78.6 cm³/mol. The van der Waals surface area contributed by atoms with Crippen molar-refractivity contribution in [2.45, 2.75) is 23.8 Å². The van der Waals surface area contributed by atoms with Crippen LogP contribution >= 0.6 is 0 Å². The third kappa shape index (κ3) is 3.29. The van der Waals surface area contributed by atoms with E-state index in [4.69, 9.17) is 0 Å². The van der Waals surface area contributed by atoms with Gasteiger partial charge in [0.25, 0.3) is 0 Å². The van der Waals surface area contributed by atoms with Crippen LogP contribution in [0.3, 0.4) is 0 Å². The summed E-state index contributed by atoms with van der Waals surface area (Å²) in [6, 6.07) is 3.09. The van der Waals surface area contributed by atoms with E-state index in [1.165, 1.54) is 4.31 Å². The number of benzene rings is 1. The average molecular weight is 330 g/mol. The first-order valence-electron chi connectivity index (χ1n) is 6.95. The molecule has 1 aliphatic rings. The first-order valence-corrected chi connectivity index (χ1v) is 8.39. The number of hydrogen-bond donors (Lipinski definition) is 1. The minimum Gasteiger partial charge on any atom is -0.465 e. The maximum absolute atomic E-state index is 13.4. The second kappa shape index (κ2) is 6.72. The Morgan fingerprint density at radius 3 is 2.82 bits per heavy atom. The van der Waals surface area contributed by atoms with Gasteiger partial charge >= 0.3 is 5.97 Å². The molecule has 1 saturated heterocycles. The number of sulfonamides is 1. The number of esters is 1. The number of rotatable bonds is 4. The van der Waals surface area contributed by atoms with Crippen LogP contribution < -0.4 is 5.32 Å². The molecule has 0 radical (unpaired) electrons. The second-order valence-corrected chi connectivity index (χ2v) is 7.03. The Labute approximate surface area is 129 Å². The van der Waals surface area contributed by atoms with Crippen LogP contribution in [0.4, 0.5) is 4.39 Å². The van der Waals surface area contributed by atoms with E-state index in [2.05, 4.69) is 10.1 Å². The van der Waals surface area contributed by atoms with Crippen LogP contribution in [0.15, 0.2) is 23.1 Å². The second-order valence-electron chi connectivity index (χ2n) is 5.12. The molecule has 1 heterocycles. The molecule has 0 amide bonds. The van der Waals surface area contributed by atoms with Crippen molar-refractivity contribution in [3.8, 4) is 0 Å². The Morgan fingerprint density at radius 2 is 2.18 bits per heavy atom. The zero-order valence-corrected chi connectivity index (χ0v) is 13.3. The van der Waals surface area contributed by atoms with Gasteiger partial charge in [-0.25, -0.2) is 17.6 Å². The number of nitrogens with one attached hydrogen (secondary N) is 1. The number of hydrogen-bond acceptors (Lipinski definition) is 5. The lowest BCUT2D eigenvalue weighted by atomic mass is 10.1. The van der Waals surface area contributed by atoms with E-state index in [9.17, 15) is 17.6 Å². The fourth-order valence-electron chi connectivity index (χ4n) is 2.53. The highest BCUT2D eigenvalue weighted by Gasteiger charge is 2.33. The fourth-order valence-corrected chi connectivity index (χ4v) is 4.22. The quantitative estimate of drug-likeness (QED) is 0.833. The maximum Gasteiger partial charge on any atom is 0.339 e. The summed E-state index contributed by atoms with van der Waals surface area (Å²) >= 11 is 0. The van der Waals surface area contributed by atoms with Crippen molar-refractivity contribution in [3.05, 3.63) is 29.6 Å². The lowest BCUT2D eigenvalue weighted by molar-refractivity contribution is 0.0595. The van der Waals surface area contributed by atoms with Crippen molar-refractivity contribution in [3.63, 3.8) is 0 Å². The summed E-state index contributed by atoms with van der Waals surface area (Å²) in [7, 11) is -0.979. The van der Waals surface area contributed by atoms with Gasteiger partial charge in [0.05, 0.1) is 17.6 Å². The minimum absolute atomic E-state index is 0.0607. The molecule has 6 nitrogen and oxygen atoms in total. The monoisotopic (exact) mass is 330 g/mol. The molecular formula is C14H19FN2O4S. The summed E-state index contributed by atoms with van der Waals surface area (Å²) in [4.78, 5) is 11.5. The van der Waals surface area contributed by atoms with E-state index < -0.39 is 21.8 Å². The number of likely N-dealkylation sites (N-methyl/N-ethyl adjacent to an activating group) is 1. The van der Waals surface area contributed by atoms with Gasteiger partial charge in [0.1, 0.15) is 5.82 Å². The number of piperidine rings is 1. The highest BCUT2D eigenvalue weighted by atomic mass is 32.2. The molecule has 2 rings (SSSR count). The Balaban J connectivity index is 2.43. The van der Waals surface area contributed by atoms with Crippen LogP contribution in [0.2, 0.25) is 0 Å². The summed E-state index contributed by atoms with van der Waals surface area (Å²) in [5.41, 5.74) is -0.283. The van der Waals surface area contributed by atoms with E-state index >= 15 is 0 Å². The fraction of sp³-hybridized carbons (Fsp3) is 0.500. The summed E-state index contributed by atoms with van der Waals surface area (Å²) in [6.45, 7) is 0.690. The first kappa shape index (κ1) is 16.9. The van der Waals surface area contributed by atoms with E-state index in [1.807, 2.05) is 0 Å². The van der Waals surface area contributed by atoms with E-state index in [1.54, 1.807) is 7.05 Å². The summed E-state index contributed by atoms with van der Waals surface area (Å²) in [5, 5.41) is 3.06. The third-order valence-corrected chi connectivity index (χ3v) is 5.68. The van der Waals surface area contributed by atoms with Crippen molar-refractivity contribution in [1.29, 1.82) is 0 Å². The lowest BCUT2D eigenvalue weighted by Crippen LogP contribution is -2.47. The number of ether oxygens (including phenoxy) is 1. The first-order chi connectivity index (χ1) is 10.4. The summed E-state index contributed by atoms with van der Waals surface area (Å²) in [5.74, 6) is -1.56. The summed E-state index contributed by atoms with van der Waals surface area (Å²) < 4.78 is 44.8. The third-order valence-electron chi connectivity index (χ3n) is 3.76. The Kier molecular flexibility index (Phi) is 5.15. The molecule has 0 saturated carbocycles. The topological polar surface area (TPSA) is 75.7 Å². The van der Waals surface area contributed by atoms with Crippen molar-refractivity contribution >= 4 is 16.0 Å². The van der Waals surface area contributed by atoms with Crippen LogP contribution in [0.5, 0.6) is 0 Å².